The van der Waals surface area contributed by atoms with E-state index in [4.69, 9.17) is 4.74 Å². The molecule has 0 amide bonds. The number of hydrogen-bond acceptors (Lipinski definition) is 3. The van der Waals surface area contributed by atoms with Crippen LogP contribution in [0.2, 0.25) is 0 Å². The number of methoxy groups -OCH3 is 1. The van der Waals surface area contributed by atoms with Crippen molar-refractivity contribution in [3.8, 4) is 5.75 Å². The van der Waals surface area contributed by atoms with E-state index in [9.17, 15) is 18.7 Å². The van der Waals surface area contributed by atoms with Gasteiger partial charge in [0, 0.05) is 37.9 Å². The molecule has 1 saturated carbocycles. The second kappa shape index (κ2) is 6.67. The molecule has 1 aliphatic heterocycles. The first-order valence-corrected chi connectivity index (χ1v) is 8.38. The molecule has 3 rings (SSSR count). The van der Waals surface area contributed by atoms with Crippen LogP contribution in [0, 0.1) is 5.92 Å². The summed E-state index contributed by atoms with van der Waals surface area (Å²) in [5.41, 5.74) is 0.965. The number of hydrogen-bond donors (Lipinski definition) is 1. The Kier molecular flexibility index (Phi) is 4.76. The molecule has 132 valence electrons. The molecular formula is C18H23F2NO3. The Hall–Kier alpha value is -1.69. The molecule has 1 aliphatic carbocycles. The monoisotopic (exact) mass is 339 g/mol. The number of halogens is 2. The van der Waals surface area contributed by atoms with Crippen LogP contribution in [0.5, 0.6) is 5.75 Å². The Labute approximate surface area is 140 Å². The largest absolute Gasteiger partial charge is 0.497 e. The summed E-state index contributed by atoms with van der Waals surface area (Å²) in [6.07, 6.45) is 0.682. The average molecular weight is 339 g/mol. The molecule has 1 N–H and O–H groups in total. The number of carbonyl (C=O) groups is 1. The van der Waals surface area contributed by atoms with Crippen LogP contribution in [-0.2, 0) is 4.79 Å². The molecule has 1 saturated heterocycles. The smallest absolute Gasteiger partial charge is 0.308 e. The van der Waals surface area contributed by atoms with Gasteiger partial charge in [-0.15, -0.1) is 0 Å². The molecule has 2 fully saturated rings. The highest BCUT2D eigenvalue weighted by molar-refractivity contribution is 5.72. The van der Waals surface area contributed by atoms with Gasteiger partial charge in [-0.25, -0.2) is 8.78 Å². The number of likely N-dealkylation sites (tertiary alicyclic amines) is 1. The molecular weight excluding hydrogens is 316 g/mol. The molecule has 0 bridgehead atoms. The molecule has 0 radical (unpaired) electrons. The van der Waals surface area contributed by atoms with Crippen LogP contribution in [0.4, 0.5) is 8.78 Å². The molecule has 2 atom stereocenters. The van der Waals surface area contributed by atoms with Gasteiger partial charge in [0.2, 0.25) is 5.92 Å². The van der Waals surface area contributed by atoms with Crippen LogP contribution in [0.15, 0.2) is 24.3 Å². The lowest BCUT2D eigenvalue weighted by molar-refractivity contribution is -0.141. The second-order valence-electron chi connectivity index (χ2n) is 6.87. The van der Waals surface area contributed by atoms with Gasteiger partial charge in [0.1, 0.15) is 5.75 Å². The Bertz CT molecular complexity index is 580. The minimum Gasteiger partial charge on any atom is -0.497 e. The van der Waals surface area contributed by atoms with Gasteiger partial charge in [-0.3, -0.25) is 9.69 Å². The summed E-state index contributed by atoms with van der Waals surface area (Å²) in [4.78, 5) is 13.8. The SMILES string of the molecule is COc1ccc([C@@H]2CN(C3CCC(F)(F)CC3)C[C@H]2C(=O)O)cc1. The third kappa shape index (κ3) is 3.53. The van der Waals surface area contributed by atoms with Gasteiger partial charge >= 0.3 is 5.97 Å². The number of rotatable bonds is 4. The van der Waals surface area contributed by atoms with E-state index in [2.05, 4.69) is 4.90 Å². The number of alkyl halides is 2. The van der Waals surface area contributed by atoms with E-state index in [1.54, 1.807) is 7.11 Å². The first kappa shape index (κ1) is 17.1. The summed E-state index contributed by atoms with van der Waals surface area (Å²) < 4.78 is 31.9. The molecule has 1 aromatic carbocycles. The van der Waals surface area contributed by atoms with E-state index in [0.717, 1.165) is 11.3 Å². The van der Waals surface area contributed by atoms with E-state index in [-0.39, 0.29) is 24.8 Å². The van der Waals surface area contributed by atoms with Crippen molar-refractivity contribution in [1.82, 2.24) is 4.90 Å². The van der Waals surface area contributed by atoms with Crippen molar-refractivity contribution in [2.45, 2.75) is 43.6 Å². The highest BCUT2D eigenvalue weighted by Crippen LogP contribution is 2.40. The number of aliphatic carboxylic acids is 1. The fourth-order valence-corrected chi connectivity index (χ4v) is 3.96. The number of nitrogens with zero attached hydrogens (tertiary/aromatic N) is 1. The lowest BCUT2D eigenvalue weighted by atomic mass is 9.89. The average Bonchev–Trinajstić information content (AvgIpc) is 3.00. The number of benzene rings is 1. The quantitative estimate of drug-likeness (QED) is 0.914. The standard InChI is InChI=1S/C18H23F2NO3/c1-24-14-4-2-12(3-5-14)15-10-21(11-16(15)17(22)23)13-6-8-18(19,20)9-7-13/h2-5,13,15-16H,6-11H2,1H3,(H,22,23)/t15-,16+/m0/s1. The first-order valence-electron chi connectivity index (χ1n) is 8.38. The molecule has 1 heterocycles. The summed E-state index contributed by atoms with van der Waals surface area (Å²) in [5, 5.41) is 9.57. The van der Waals surface area contributed by atoms with Crippen molar-refractivity contribution in [1.29, 1.82) is 0 Å². The van der Waals surface area contributed by atoms with Gasteiger partial charge in [0.25, 0.3) is 0 Å². The van der Waals surface area contributed by atoms with Gasteiger partial charge in [0.15, 0.2) is 0 Å². The zero-order valence-electron chi connectivity index (χ0n) is 13.8. The summed E-state index contributed by atoms with van der Waals surface area (Å²) in [7, 11) is 1.59. The van der Waals surface area contributed by atoms with E-state index >= 15 is 0 Å². The molecule has 2 aliphatic rings. The Morgan fingerprint density at radius 3 is 2.38 bits per heavy atom. The molecule has 6 heteroatoms. The van der Waals surface area contributed by atoms with Gasteiger partial charge in [0.05, 0.1) is 13.0 Å². The normalized spacial score (nSPS) is 28.0. The van der Waals surface area contributed by atoms with Gasteiger partial charge in [-0.1, -0.05) is 12.1 Å². The Balaban J connectivity index is 1.73. The molecule has 1 aromatic rings. The summed E-state index contributed by atoms with van der Waals surface area (Å²) in [5.74, 6) is -3.26. The highest BCUT2D eigenvalue weighted by Gasteiger charge is 2.44. The number of carboxylic acids is 1. The molecule has 0 aromatic heterocycles. The summed E-state index contributed by atoms with van der Waals surface area (Å²) in [6, 6.07) is 7.53. The zero-order chi connectivity index (χ0) is 17.3. The van der Waals surface area contributed by atoms with Gasteiger partial charge in [-0.05, 0) is 30.5 Å². The van der Waals surface area contributed by atoms with Gasteiger partial charge < -0.3 is 9.84 Å². The van der Waals surface area contributed by atoms with Crippen molar-refractivity contribution in [3.63, 3.8) is 0 Å². The van der Waals surface area contributed by atoms with E-state index in [0.29, 0.717) is 25.9 Å². The second-order valence-corrected chi connectivity index (χ2v) is 6.87. The van der Waals surface area contributed by atoms with Crippen LogP contribution in [-0.4, -0.2) is 48.1 Å². The summed E-state index contributed by atoms with van der Waals surface area (Å²) in [6.45, 7) is 1.04. The molecule has 0 unspecified atom stereocenters. The fourth-order valence-electron chi connectivity index (χ4n) is 3.96. The van der Waals surface area contributed by atoms with Crippen LogP contribution < -0.4 is 4.74 Å². The van der Waals surface area contributed by atoms with Gasteiger partial charge in [-0.2, -0.15) is 0 Å². The van der Waals surface area contributed by atoms with Crippen molar-refractivity contribution < 1.29 is 23.4 Å². The fraction of sp³-hybridized carbons (Fsp3) is 0.611. The minimum atomic E-state index is -2.56. The van der Waals surface area contributed by atoms with Crippen molar-refractivity contribution in [2.75, 3.05) is 20.2 Å². The number of carboxylic acid groups (broad SMARTS) is 1. The maximum absolute atomic E-state index is 13.4. The summed E-state index contributed by atoms with van der Waals surface area (Å²) >= 11 is 0. The Morgan fingerprint density at radius 2 is 1.83 bits per heavy atom. The van der Waals surface area contributed by atoms with Crippen LogP contribution >= 0.6 is 0 Å². The third-order valence-electron chi connectivity index (χ3n) is 5.41. The minimum absolute atomic E-state index is 0.0646. The predicted molar refractivity (Wildman–Crippen MR) is 85.6 cm³/mol. The lowest BCUT2D eigenvalue weighted by Crippen LogP contribution is -2.39. The predicted octanol–water partition coefficient (Wildman–Crippen LogP) is 3.37. The maximum atomic E-state index is 13.4. The van der Waals surface area contributed by atoms with Crippen molar-refractivity contribution in [3.05, 3.63) is 29.8 Å². The third-order valence-corrected chi connectivity index (χ3v) is 5.41. The molecule has 24 heavy (non-hydrogen) atoms. The molecule has 4 nitrogen and oxygen atoms in total. The van der Waals surface area contributed by atoms with Crippen molar-refractivity contribution >= 4 is 5.97 Å². The van der Waals surface area contributed by atoms with Crippen molar-refractivity contribution in [2.24, 2.45) is 5.92 Å². The zero-order valence-corrected chi connectivity index (χ0v) is 13.8. The van der Waals surface area contributed by atoms with E-state index in [1.165, 1.54) is 0 Å². The van der Waals surface area contributed by atoms with E-state index < -0.39 is 17.8 Å². The first-order chi connectivity index (χ1) is 11.4. The topological polar surface area (TPSA) is 49.8 Å². The Morgan fingerprint density at radius 1 is 1.21 bits per heavy atom. The highest BCUT2D eigenvalue weighted by atomic mass is 19.3. The van der Waals surface area contributed by atoms with Crippen LogP contribution in [0.25, 0.3) is 0 Å². The van der Waals surface area contributed by atoms with Crippen LogP contribution in [0.3, 0.4) is 0 Å². The molecule has 0 spiro atoms. The number of ether oxygens (including phenoxy) is 1. The van der Waals surface area contributed by atoms with Crippen LogP contribution in [0.1, 0.15) is 37.2 Å². The van der Waals surface area contributed by atoms with E-state index in [1.807, 2.05) is 24.3 Å². The maximum Gasteiger partial charge on any atom is 0.308 e. The lowest BCUT2D eigenvalue weighted by Gasteiger charge is -2.34.